The number of hydrogen-bond acceptors (Lipinski definition) is 4. The predicted octanol–water partition coefficient (Wildman–Crippen LogP) is 1.89. The summed E-state index contributed by atoms with van der Waals surface area (Å²) >= 11 is 0. The number of halogens is 1. The Morgan fingerprint density at radius 3 is 2.52 bits per heavy atom. The molecule has 0 bridgehead atoms. The Morgan fingerprint density at radius 2 is 1.79 bits per heavy atom. The van der Waals surface area contributed by atoms with E-state index in [4.69, 9.17) is 0 Å². The van der Waals surface area contributed by atoms with E-state index < -0.39 is 5.82 Å². The fraction of sp³-hybridized carbons (Fsp3) is 0.500. The normalized spacial score (nSPS) is 20.4. The van der Waals surface area contributed by atoms with Crippen LogP contribution in [-0.4, -0.2) is 63.0 Å². The van der Waals surface area contributed by atoms with Crippen LogP contribution in [0.4, 0.5) is 4.39 Å². The molecule has 8 nitrogen and oxygen atoms in total. The van der Waals surface area contributed by atoms with Crippen molar-refractivity contribution in [2.75, 3.05) is 19.6 Å². The third-order valence-corrected chi connectivity index (χ3v) is 6.83. The summed E-state index contributed by atoms with van der Waals surface area (Å²) in [6.07, 6.45) is 4.22. The van der Waals surface area contributed by atoms with E-state index in [9.17, 15) is 18.8 Å². The molecule has 1 aromatic carbocycles. The lowest BCUT2D eigenvalue weighted by atomic mass is 9.96. The Balaban J connectivity index is 1.33. The van der Waals surface area contributed by atoms with Crippen LogP contribution in [0.15, 0.2) is 24.3 Å². The van der Waals surface area contributed by atoms with Gasteiger partial charge in [-0.2, -0.15) is 5.10 Å². The Hall–Kier alpha value is -3.23. The molecule has 3 heterocycles. The second-order valence-electron chi connectivity index (χ2n) is 9.25. The molecule has 0 spiro atoms. The topological polar surface area (TPSA) is 87.5 Å². The van der Waals surface area contributed by atoms with Gasteiger partial charge in [-0.25, -0.2) is 4.39 Å². The summed E-state index contributed by atoms with van der Waals surface area (Å²) in [5.74, 6) is -0.934. The van der Waals surface area contributed by atoms with Crippen LogP contribution >= 0.6 is 0 Å². The zero-order valence-corrected chi connectivity index (χ0v) is 18.7. The average Bonchev–Trinajstić information content (AvgIpc) is 3.59. The summed E-state index contributed by atoms with van der Waals surface area (Å²) in [4.78, 5) is 42.3. The monoisotopic (exact) mass is 453 g/mol. The van der Waals surface area contributed by atoms with Crippen molar-refractivity contribution >= 4 is 17.7 Å². The number of fused-ring (bicyclic) bond motifs is 1. The van der Waals surface area contributed by atoms with E-state index in [0.29, 0.717) is 43.4 Å². The van der Waals surface area contributed by atoms with E-state index in [1.54, 1.807) is 14.5 Å². The summed E-state index contributed by atoms with van der Waals surface area (Å²) in [7, 11) is 1.81. The molecule has 2 aliphatic heterocycles. The molecule has 5 rings (SSSR count). The highest BCUT2D eigenvalue weighted by molar-refractivity contribution is 5.96. The number of rotatable bonds is 4. The number of nitrogens with one attached hydrogen (secondary N) is 1. The third-order valence-electron chi connectivity index (χ3n) is 6.83. The van der Waals surface area contributed by atoms with Gasteiger partial charge in [-0.1, -0.05) is 0 Å². The van der Waals surface area contributed by atoms with Gasteiger partial charge in [0.15, 0.2) is 5.69 Å². The number of amides is 3. The number of aromatic nitrogens is 2. The number of benzene rings is 1. The first kappa shape index (κ1) is 21.6. The summed E-state index contributed by atoms with van der Waals surface area (Å²) in [5.41, 5.74) is 2.47. The molecule has 2 aromatic rings. The summed E-state index contributed by atoms with van der Waals surface area (Å²) < 4.78 is 15.0. The van der Waals surface area contributed by atoms with Gasteiger partial charge in [-0.05, 0) is 49.9 Å². The first-order valence-electron chi connectivity index (χ1n) is 11.6. The molecule has 0 unspecified atom stereocenters. The van der Waals surface area contributed by atoms with Crippen molar-refractivity contribution in [2.45, 2.75) is 44.7 Å². The van der Waals surface area contributed by atoms with Gasteiger partial charge in [-0.15, -0.1) is 0 Å². The van der Waals surface area contributed by atoms with E-state index >= 15 is 0 Å². The number of hydrogen-bond donors (Lipinski definition) is 1. The van der Waals surface area contributed by atoms with Crippen LogP contribution in [-0.2, 0) is 24.8 Å². The van der Waals surface area contributed by atoms with Gasteiger partial charge in [0, 0.05) is 56.0 Å². The van der Waals surface area contributed by atoms with Crippen LogP contribution in [0.1, 0.15) is 57.8 Å². The van der Waals surface area contributed by atoms with Crippen molar-refractivity contribution in [1.82, 2.24) is 24.9 Å². The zero-order valence-electron chi connectivity index (χ0n) is 18.7. The van der Waals surface area contributed by atoms with Gasteiger partial charge in [-0.3, -0.25) is 19.1 Å². The lowest BCUT2D eigenvalue weighted by Gasteiger charge is -2.32. The molecule has 3 aliphatic rings. The van der Waals surface area contributed by atoms with E-state index in [-0.39, 0.29) is 30.2 Å². The number of nitrogens with zero attached hydrogens (tertiary/aromatic N) is 4. The molecular formula is C24H28FN5O3. The van der Waals surface area contributed by atoms with Gasteiger partial charge in [0.1, 0.15) is 5.82 Å². The van der Waals surface area contributed by atoms with Crippen molar-refractivity contribution in [1.29, 1.82) is 0 Å². The second kappa shape index (κ2) is 8.61. The maximum Gasteiger partial charge on any atom is 0.274 e. The second-order valence-corrected chi connectivity index (χ2v) is 9.25. The highest BCUT2D eigenvalue weighted by Gasteiger charge is 2.35. The lowest BCUT2D eigenvalue weighted by molar-refractivity contribution is -0.126. The highest BCUT2D eigenvalue weighted by Crippen LogP contribution is 2.27. The summed E-state index contributed by atoms with van der Waals surface area (Å²) in [5, 5.41) is 7.56. The number of aryl methyl sites for hydroxylation is 1. The molecule has 1 saturated heterocycles. The first-order chi connectivity index (χ1) is 15.9. The molecule has 1 saturated carbocycles. The number of carbonyl (C=O) groups excluding carboxylic acids is 3. The van der Waals surface area contributed by atoms with Crippen LogP contribution in [0.2, 0.25) is 0 Å². The van der Waals surface area contributed by atoms with Crippen LogP contribution in [0, 0.1) is 11.7 Å². The highest BCUT2D eigenvalue weighted by atomic mass is 19.1. The number of piperidine rings is 1. The van der Waals surface area contributed by atoms with Crippen LogP contribution < -0.4 is 5.32 Å². The van der Waals surface area contributed by atoms with Crippen molar-refractivity contribution in [3.8, 4) is 0 Å². The van der Waals surface area contributed by atoms with Gasteiger partial charge in [0.05, 0.1) is 12.5 Å². The van der Waals surface area contributed by atoms with Crippen molar-refractivity contribution in [3.63, 3.8) is 0 Å². The summed E-state index contributed by atoms with van der Waals surface area (Å²) in [6, 6.07) is 5.80. The zero-order chi connectivity index (χ0) is 23.1. The molecule has 1 aromatic heterocycles. The van der Waals surface area contributed by atoms with E-state index in [1.807, 2.05) is 7.05 Å². The molecular weight excluding hydrogens is 425 g/mol. The Bertz CT molecular complexity index is 1090. The fourth-order valence-electron chi connectivity index (χ4n) is 4.78. The fourth-order valence-corrected chi connectivity index (χ4v) is 4.78. The van der Waals surface area contributed by atoms with Crippen molar-refractivity contribution in [3.05, 3.63) is 52.6 Å². The SMILES string of the molecule is Cn1nc(C(=O)N2CCC[C@@H](C(=O)NC3CC3)C2)c2c1CCN(C(=O)c1ccc(F)cc1)C2. The summed E-state index contributed by atoms with van der Waals surface area (Å²) in [6.45, 7) is 1.76. The van der Waals surface area contributed by atoms with Crippen LogP contribution in [0.3, 0.4) is 0 Å². The maximum atomic E-state index is 13.4. The standard InChI is InChI=1S/C24H28FN5O3/c1-28-20-10-12-30(23(32)15-4-6-17(25)7-5-15)14-19(20)21(27-28)24(33)29-11-2-3-16(13-29)22(31)26-18-8-9-18/h4-7,16,18H,2-3,8-14H2,1H3,(H,26,31)/t16-/m1/s1. The minimum Gasteiger partial charge on any atom is -0.353 e. The third kappa shape index (κ3) is 4.36. The molecule has 33 heavy (non-hydrogen) atoms. The Labute approximate surface area is 191 Å². The van der Waals surface area contributed by atoms with Gasteiger partial charge in [0.25, 0.3) is 11.8 Å². The number of carbonyl (C=O) groups is 3. The van der Waals surface area contributed by atoms with Crippen molar-refractivity contribution in [2.24, 2.45) is 13.0 Å². The Morgan fingerprint density at radius 1 is 1.03 bits per heavy atom. The molecule has 174 valence electrons. The minimum absolute atomic E-state index is 0.0362. The van der Waals surface area contributed by atoms with Gasteiger partial charge in [0.2, 0.25) is 5.91 Å². The molecule has 0 radical (unpaired) electrons. The first-order valence-corrected chi connectivity index (χ1v) is 11.6. The molecule has 1 N–H and O–H groups in total. The van der Waals surface area contributed by atoms with Crippen LogP contribution in [0.25, 0.3) is 0 Å². The molecule has 1 atom stereocenters. The predicted molar refractivity (Wildman–Crippen MR) is 118 cm³/mol. The van der Waals surface area contributed by atoms with E-state index in [0.717, 1.165) is 36.9 Å². The average molecular weight is 454 g/mol. The van der Waals surface area contributed by atoms with Crippen molar-refractivity contribution < 1.29 is 18.8 Å². The van der Waals surface area contributed by atoms with Gasteiger partial charge < -0.3 is 15.1 Å². The molecule has 2 fully saturated rings. The number of likely N-dealkylation sites (tertiary alicyclic amines) is 1. The lowest BCUT2D eigenvalue weighted by Crippen LogP contribution is -2.46. The van der Waals surface area contributed by atoms with E-state index in [2.05, 4.69) is 10.4 Å². The van der Waals surface area contributed by atoms with Gasteiger partial charge >= 0.3 is 0 Å². The van der Waals surface area contributed by atoms with E-state index in [1.165, 1.54) is 24.3 Å². The largest absolute Gasteiger partial charge is 0.353 e. The minimum atomic E-state index is -0.390. The smallest absolute Gasteiger partial charge is 0.274 e. The van der Waals surface area contributed by atoms with Crippen LogP contribution in [0.5, 0.6) is 0 Å². The molecule has 1 aliphatic carbocycles. The maximum absolute atomic E-state index is 13.4. The quantitative estimate of drug-likeness (QED) is 0.766. The molecule has 3 amide bonds. The molecule has 9 heteroatoms. The Kier molecular flexibility index (Phi) is 5.64.